The number of hydrogen-bond donors (Lipinski definition) is 1. The molecule has 1 unspecified atom stereocenters. The van der Waals surface area contributed by atoms with Gasteiger partial charge in [0.05, 0.1) is 10.6 Å². The normalized spacial score (nSPS) is 19.0. The monoisotopic (exact) mass is 494 g/mol. The quantitative estimate of drug-likeness (QED) is 0.541. The van der Waals surface area contributed by atoms with Crippen molar-refractivity contribution in [2.24, 2.45) is 0 Å². The van der Waals surface area contributed by atoms with Crippen molar-refractivity contribution in [3.63, 3.8) is 0 Å². The SMILES string of the molecule is O=C(NCCCN1C(=O)C2(COc3cc4c(cc32)OCO4)c2ccccc21)c1cc(F)ccc1Cl. The molecule has 0 saturated carbocycles. The van der Waals surface area contributed by atoms with Gasteiger partial charge in [0.1, 0.15) is 23.6 Å². The maximum Gasteiger partial charge on any atom is 0.252 e. The van der Waals surface area contributed by atoms with E-state index in [9.17, 15) is 14.0 Å². The van der Waals surface area contributed by atoms with Gasteiger partial charge in [0.25, 0.3) is 5.91 Å². The first-order valence-corrected chi connectivity index (χ1v) is 11.6. The number of rotatable bonds is 5. The van der Waals surface area contributed by atoms with Crippen LogP contribution in [0.25, 0.3) is 0 Å². The molecule has 1 N–H and O–H groups in total. The zero-order chi connectivity index (χ0) is 24.2. The number of fused-ring (bicyclic) bond motifs is 5. The first-order chi connectivity index (χ1) is 17.0. The van der Waals surface area contributed by atoms with Crippen molar-refractivity contribution in [1.29, 1.82) is 0 Å². The standard InChI is InChI=1S/C26H20ClFN2O5/c27-19-7-6-15(28)10-16(19)24(31)29-8-3-9-30-20-5-2-1-4-17(20)26(25(30)32)13-33-21-12-23-22(11-18(21)26)34-14-35-23/h1-2,4-7,10-12H,3,8-9,13-14H2,(H,29,31). The second kappa shape index (κ2) is 8.16. The number of hydrogen-bond acceptors (Lipinski definition) is 5. The minimum Gasteiger partial charge on any atom is -0.491 e. The number of anilines is 1. The van der Waals surface area contributed by atoms with Crippen LogP contribution >= 0.6 is 11.6 Å². The molecular weight excluding hydrogens is 475 g/mol. The first kappa shape index (κ1) is 21.7. The van der Waals surface area contributed by atoms with Crippen molar-refractivity contribution in [1.82, 2.24) is 5.32 Å². The third-order valence-corrected chi connectivity index (χ3v) is 6.99. The fourth-order valence-electron chi connectivity index (χ4n) is 4.99. The van der Waals surface area contributed by atoms with Crippen LogP contribution in [0.2, 0.25) is 5.02 Å². The van der Waals surface area contributed by atoms with Crippen molar-refractivity contribution in [3.8, 4) is 17.2 Å². The molecule has 6 rings (SSSR count). The van der Waals surface area contributed by atoms with E-state index in [1.165, 1.54) is 12.1 Å². The Balaban J connectivity index is 1.22. The van der Waals surface area contributed by atoms with Gasteiger partial charge in [-0.15, -0.1) is 0 Å². The lowest BCUT2D eigenvalue weighted by Gasteiger charge is -2.23. The highest BCUT2D eigenvalue weighted by atomic mass is 35.5. The lowest BCUT2D eigenvalue weighted by atomic mass is 9.77. The van der Waals surface area contributed by atoms with Gasteiger partial charge in [-0.3, -0.25) is 9.59 Å². The summed E-state index contributed by atoms with van der Waals surface area (Å²) in [7, 11) is 0. The number of halogens is 2. The molecule has 2 amide bonds. The van der Waals surface area contributed by atoms with E-state index < -0.39 is 17.1 Å². The number of carbonyl (C=O) groups is 2. The number of benzene rings is 3. The molecule has 3 aliphatic heterocycles. The molecule has 0 aliphatic carbocycles. The van der Waals surface area contributed by atoms with Crippen LogP contribution in [0.3, 0.4) is 0 Å². The summed E-state index contributed by atoms with van der Waals surface area (Å²) < 4.78 is 30.5. The van der Waals surface area contributed by atoms with Crippen LogP contribution in [-0.4, -0.2) is 38.3 Å². The van der Waals surface area contributed by atoms with Gasteiger partial charge in [-0.25, -0.2) is 4.39 Å². The van der Waals surface area contributed by atoms with Gasteiger partial charge >= 0.3 is 0 Å². The highest BCUT2D eigenvalue weighted by Crippen LogP contribution is 2.54. The summed E-state index contributed by atoms with van der Waals surface area (Å²) in [6.45, 7) is 0.992. The molecule has 0 aromatic heterocycles. The van der Waals surface area contributed by atoms with Crippen molar-refractivity contribution >= 4 is 29.1 Å². The molecule has 3 heterocycles. The molecule has 3 aliphatic rings. The molecule has 35 heavy (non-hydrogen) atoms. The molecule has 178 valence electrons. The van der Waals surface area contributed by atoms with E-state index in [2.05, 4.69) is 5.32 Å². The molecule has 7 nitrogen and oxygen atoms in total. The van der Waals surface area contributed by atoms with Gasteiger partial charge in [0.2, 0.25) is 12.7 Å². The largest absolute Gasteiger partial charge is 0.491 e. The van der Waals surface area contributed by atoms with E-state index in [1.54, 1.807) is 11.0 Å². The zero-order valence-corrected chi connectivity index (χ0v) is 19.2. The summed E-state index contributed by atoms with van der Waals surface area (Å²) in [5, 5.41) is 2.93. The molecular formula is C26H20ClFN2O5. The van der Waals surface area contributed by atoms with Crippen molar-refractivity contribution < 1.29 is 28.2 Å². The van der Waals surface area contributed by atoms with Crippen molar-refractivity contribution in [3.05, 3.63) is 82.1 Å². The van der Waals surface area contributed by atoms with Gasteiger partial charge in [-0.2, -0.15) is 0 Å². The fourth-order valence-corrected chi connectivity index (χ4v) is 5.20. The fraction of sp³-hybridized carbons (Fsp3) is 0.231. The summed E-state index contributed by atoms with van der Waals surface area (Å²) in [6.07, 6.45) is 0.490. The lowest BCUT2D eigenvalue weighted by Crippen LogP contribution is -2.43. The van der Waals surface area contributed by atoms with E-state index >= 15 is 0 Å². The molecule has 3 aromatic rings. The van der Waals surface area contributed by atoms with Crippen LogP contribution in [0.15, 0.2) is 54.6 Å². The van der Waals surface area contributed by atoms with Crippen LogP contribution in [0.1, 0.15) is 27.9 Å². The Morgan fingerprint density at radius 1 is 1.03 bits per heavy atom. The molecule has 1 atom stereocenters. The predicted molar refractivity (Wildman–Crippen MR) is 126 cm³/mol. The highest BCUT2D eigenvalue weighted by Gasteiger charge is 2.57. The maximum atomic E-state index is 13.9. The average Bonchev–Trinajstić information content (AvgIpc) is 3.54. The predicted octanol–water partition coefficient (Wildman–Crippen LogP) is 4.05. The third kappa shape index (κ3) is 3.31. The van der Waals surface area contributed by atoms with Crippen LogP contribution < -0.4 is 24.4 Å². The lowest BCUT2D eigenvalue weighted by molar-refractivity contribution is -0.122. The van der Waals surface area contributed by atoms with Gasteiger partial charge in [-0.05, 0) is 42.3 Å². The van der Waals surface area contributed by atoms with Crippen molar-refractivity contribution in [2.45, 2.75) is 11.8 Å². The van der Waals surface area contributed by atoms with Crippen LogP contribution in [0.4, 0.5) is 10.1 Å². The average molecular weight is 495 g/mol. The number of carbonyl (C=O) groups excluding carboxylic acids is 2. The van der Waals surface area contributed by atoms with Crippen LogP contribution in [0.5, 0.6) is 17.2 Å². The summed E-state index contributed by atoms with van der Waals surface area (Å²) in [5.74, 6) is 0.718. The second-order valence-electron chi connectivity index (χ2n) is 8.60. The van der Waals surface area contributed by atoms with Crippen LogP contribution in [0, 0.1) is 5.82 Å². The van der Waals surface area contributed by atoms with E-state index in [0.717, 1.165) is 22.9 Å². The Morgan fingerprint density at radius 3 is 2.69 bits per heavy atom. The summed E-state index contributed by atoms with van der Waals surface area (Å²) in [4.78, 5) is 28.1. The number of nitrogens with one attached hydrogen (secondary N) is 1. The van der Waals surface area contributed by atoms with E-state index in [0.29, 0.717) is 30.2 Å². The Labute approximate surface area is 205 Å². The summed E-state index contributed by atoms with van der Waals surface area (Å²) in [5.41, 5.74) is 1.55. The third-order valence-electron chi connectivity index (χ3n) is 6.66. The molecule has 1 spiro atoms. The molecule has 0 fully saturated rings. The Bertz CT molecular complexity index is 1380. The second-order valence-corrected chi connectivity index (χ2v) is 9.01. The molecule has 0 saturated heterocycles. The number of ether oxygens (including phenoxy) is 3. The van der Waals surface area contributed by atoms with Gasteiger partial charge in [-0.1, -0.05) is 29.8 Å². The Kier molecular flexibility index (Phi) is 5.07. The zero-order valence-electron chi connectivity index (χ0n) is 18.5. The minimum atomic E-state index is -0.967. The molecule has 0 bridgehead atoms. The number of nitrogens with zero attached hydrogens (tertiary/aromatic N) is 1. The minimum absolute atomic E-state index is 0.0756. The maximum absolute atomic E-state index is 13.9. The summed E-state index contributed by atoms with van der Waals surface area (Å²) >= 11 is 6.02. The summed E-state index contributed by atoms with van der Waals surface area (Å²) in [6, 6.07) is 14.9. The van der Waals surface area contributed by atoms with Gasteiger partial charge in [0.15, 0.2) is 11.5 Å². The topological polar surface area (TPSA) is 77.1 Å². The first-order valence-electron chi connectivity index (χ1n) is 11.2. The van der Waals surface area contributed by atoms with Gasteiger partial charge in [0, 0.05) is 30.4 Å². The van der Waals surface area contributed by atoms with Crippen LogP contribution in [-0.2, 0) is 10.2 Å². The Morgan fingerprint density at radius 2 is 1.83 bits per heavy atom. The van der Waals surface area contributed by atoms with E-state index in [4.69, 9.17) is 25.8 Å². The highest BCUT2D eigenvalue weighted by molar-refractivity contribution is 6.33. The molecule has 3 aromatic carbocycles. The van der Waals surface area contributed by atoms with Crippen molar-refractivity contribution in [2.75, 3.05) is 31.4 Å². The van der Waals surface area contributed by atoms with Gasteiger partial charge < -0.3 is 24.4 Å². The molecule has 9 heteroatoms. The van der Waals surface area contributed by atoms with E-state index in [1.807, 2.05) is 30.3 Å². The number of amides is 2. The Hall–Kier alpha value is -3.78. The molecule has 0 radical (unpaired) electrons. The number of para-hydroxylation sites is 1. The van der Waals surface area contributed by atoms with E-state index in [-0.39, 0.29) is 36.4 Å². The smallest absolute Gasteiger partial charge is 0.252 e.